The third kappa shape index (κ3) is 4.29. The highest BCUT2D eigenvalue weighted by atomic mass is 16.3. The first-order valence-corrected chi connectivity index (χ1v) is 16.3. The molecule has 0 amide bonds. The zero-order valence-electron chi connectivity index (χ0n) is 26.7. The van der Waals surface area contributed by atoms with Gasteiger partial charge in [-0.2, -0.15) is 0 Å². The van der Waals surface area contributed by atoms with Crippen molar-refractivity contribution >= 4 is 21.9 Å². The molecule has 0 saturated carbocycles. The normalized spacial score (nSPS) is 13.2. The lowest BCUT2D eigenvalue weighted by Gasteiger charge is -2.22. The van der Waals surface area contributed by atoms with Crippen LogP contribution in [0.25, 0.3) is 77.8 Å². The first kappa shape index (κ1) is 27.6. The number of para-hydroxylation sites is 1. The molecule has 224 valence electrons. The summed E-state index contributed by atoms with van der Waals surface area (Å²) in [7, 11) is 0. The molecule has 0 bridgehead atoms. The number of hydrogen-bond donors (Lipinski definition) is 0. The maximum Gasteiger partial charge on any atom is 0.135 e. The second kappa shape index (κ2) is 10.4. The minimum Gasteiger partial charge on any atom is -0.456 e. The average Bonchev–Trinajstić information content (AvgIpc) is 3.60. The molecule has 47 heavy (non-hydrogen) atoms. The number of fused-ring (bicyclic) bond motifs is 6. The largest absolute Gasteiger partial charge is 0.456 e. The maximum atomic E-state index is 6.12. The van der Waals surface area contributed by atoms with Gasteiger partial charge in [0.05, 0.1) is 11.4 Å². The molecule has 0 unspecified atom stereocenters. The number of aromatic nitrogens is 1. The lowest BCUT2D eigenvalue weighted by molar-refractivity contribution is 0.660. The molecule has 1 aliphatic carbocycles. The number of furan rings is 1. The zero-order valence-corrected chi connectivity index (χ0v) is 26.7. The topological polar surface area (TPSA) is 26.0 Å². The van der Waals surface area contributed by atoms with Crippen LogP contribution < -0.4 is 0 Å². The summed E-state index contributed by atoms with van der Waals surface area (Å²) in [4.78, 5) is 5.40. The van der Waals surface area contributed by atoms with Crippen molar-refractivity contribution in [1.29, 1.82) is 0 Å². The molecule has 1 aliphatic rings. The van der Waals surface area contributed by atoms with Crippen LogP contribution in [0.3, 0.4) is 0 Å². The van der Waals surface area contributed by atoms with E-state index in [0.717, 1.165) is 38.9 Å². The van der Waals surface area contributed by atoms with Crippen LogP contribution in [0.4, 0.5) is 0 Å². The molecule has 2 aromatic heterocycles. The standard InChI is InChI=1S/C45H33NO/c1-28-36(29-13-6-4-7-14-29)27-40(46-44(28)30-15-8-5-9-16-30)35-18-12-19-38-43(35)34-23-21-32(26-39(34)45(38,2)3)31-22-24-42-37(25-31)33-17-10-11-20-41(33)47-42/h4-27H,1-3H3. The van der Waals surface area contributed by atoms with Gasteiger partial charge in [0, 0.05) is 27.3 Å². The van der Waals surface area contributed by atoms with Crippen molar-refractivity contribution in [1.82, 2.24) is 4.98 Å². The molecule has 2 heterocycles. The summed E-state index contributed by atoms with van der Waals surface area (Å²) in [5.41, 5.74) is 17.2. The molecule has 8 aromatic rings. The molecule has 2 heteroatoms. The molecular formula is C45H33NO. The van der Waals surface area contributed by atoms with E-state index >= 15 is 0 Å². The number of pyridine rings is 1. The Kier molecular flexibility index (Phi) is 6.10. The van der Waals surface area contributed by atoms with Gasteiger partial charge < -0.3 is 4.42 Å². The van der Waals surface area contributed by atoms with Crippen molar-refractivity contribution in [3.63, 3.8) is 0 Å². The van der Waals surface area contributed by atoms with E-state index < -0.39 is 0 Å². The van der Waals surface area contributed by atoms with E-state index in [1.807, 2.05) is 12.1 Å². The molecule has 0 radical (unpaired) electrons. The van der Waals surface area contributed by atoms with Crippen molar-refractivity contribution in [3.05, 3.63) is 162 Å². The van der Waals surface area contributed by atoms with Gasteiger partial charge in [-0.15, -0.1) is 0 Å². The van der Waals surface area contributed by atoms with Crippen molar-refractivity contribution in [2.75, 3.05) is 0 Å². The first-order valence-electron chi connectivity index (χ1n) is 16.3. The van der Waals surface area contributed by atoms with Gasteiger partial charge in [0.1, 0.15) is 11.2 Å². The Morgan fingerprint density at radius 1 is 0.489 bits per heavy atom. The quantitative estimate of drug-likeness (QED) is 0.200. The Balaban J connectivity index is 1.23. The van der Waals surface area contributed by atoms with Crippen LogP contribution in [0, 0.1) is 6.92 Å². The van der Waals surface area contributed by atoms with Crippen molar-refractivity contribution < 1.29 is 4.42 Å². The number of rotatable bonds is 4. The zero-order chi connectivity index (χ0) is 31.7. The summed E-state index contributed by atoms with van der Waals surface area (Å²) in [5.74, 6) is 0. The molecule has 6 aromatic carbocycles. The minimum absolute atomic E-state index is 0.168. The Morgan fingerprint density at radius 2 is 1.17 bits per heavy atom. The van der Waals surface area contributed by atoms with Gasteiger partial charge in [-0.25, -0.2) is 4.98 Å². The van der Waals surface area contributed by atoms with E-state index in [9.17, 15) is 0 Å². The SMILES string of the molecule is Cc1c(-c2ccccc2)cc(-c2cccc3c2-c2ccc(-c4ccc5oc6ccccc6c5c4)cc2C3(C)C)nc1-c1ccccc1. The lowest BCUT2D eigenvalue weighted by Crippen LogP contribution is -2.15. The molecule has 0 N–H and O–H groups in total. The van der Waals surface area contributed by atoms with Gasteiger partial charge in [0.25, 0.3) is 0 Å². The number of hydrogen-bond acceptors (Lipinski definition) is 2. The van der Waals surface area contributed by atoms with Crippen LogP contribution in [0.5, 0.6) is 0 Å². The van der Waals surface area contributed by atoms with Crippen molar-refractivity contribution in [2.45, 2.75) is 26.2 Å². The van der Waals surface area contributed by atoms with Gasteiger partial charge in [-0.05, 0) is 87.3 Å². The van der Waals surface area contributed by atoms with E-state index in [1.165, 1.54) is 55.6 Å². The summed E-state index contributed by atoms with van der Waals surface area (Å²) in [5, 5.41) is 2.30. The van der Waals surface area contributed by atoms with E-state index in [-0.39, 0.29) is 5.41 Å². The summed E-state index contributed by atoms with van der Waals surface area (Å²) >= 11 is 0. The Bertz CT molecular complexity index is 2420. The predicted octanol–water partition coefficient (Wildman–Crippen LogP) is 12.3. The number of benzene rings is 6. The van der Waals surface area contributed by atoms with Gasteiger partial charge in [0.15, 0.2) is 0 Å². The molecule has 0 aliphatic heterocycles. The molecule has 0 atom stereocenters. The third-order valence-electron chi connectivity index (χ3n) is 10.1. The van der Waals surface area contributed by atoms with E-state index in [1.54, 1.807) is 0 Å². The summed E-state index contributed by atoms with van der Waals surface area (Å²) in [6.07, 6.45) is 0. The van der Waals surface area contributed by atoms with Gasteiger partial charge >= 0.3 is 0 Å². The van der Waals surface area contributed by atoms with Gasteiger partial charge in [-0.1, -0.05) is 129 Å². The maximum absolute atomic E-state index is 6.12. The van der Waals surface area contributed by atoms with Crippen LogP contribution in [0.2, 0.25) is 0 Å². The van der Waals surface area contributed by atoms with Crippen molar-refractivity contribution in [3.8, 4) is 55.9 Å². The van der Waals surface area contributed by atoms with Gasteiger partial charge in [0.2, 0.25) is 0 Å². The van der Waals surface area contributed by atoms with Crippen LogP contribution >= 0.6 is 0 Å². The Hall–Kier alpha value is -5.73. The molecule has 9 rings (SSSR count). The molecule has 2 nitrogen and oxygen atoms in total. The first-order chi connectivity index (χ1) is 23.0. The Morgan fingerprint density at radius 3 is 1.98 bits per heavy atom. The highest BCUT2D eigenvalue weighted by Gasteiger charge is 2.37. The fourth-order valence-electron chi connectivity index (χ4n) is 7.63. The lowest BCUT2D eigenvalue weighted by atomic mass is 9.81. The molecular weight excluding hydrogens is 571 g/mol. The Labute approximate surface area is 275 Å². The fraction of sp³-hybridized carbons (Fsp3) is 0.0889. The van der Waals surface area contributed by atoms with E-state index in [2.05, 4.69) is 154 Å². The highest BCUT2D eigenvalue weighted by molar-refractivity contribution is 6.06. The summed E-state index contributed by atoms with van der Waals surface area (Å²) in [6.45, 7) is 6.90. The smallest absolute Gasteiger partial charge is 0.135 e. The molecule has 0 fully saturated rings. The van der Waals surface area contributed by atoms with Crippen LogP contribution in [-0.4, -0.2) is 4.98 Å². The third-order valence-corrected chi connectivity index (χ3v) is 10.1. The van der Waals surface area contributed by atoms with E-state index in [0.29, 0.717) is 0 Å². The minimum atomic E-state index is -0.168. The van der Waals surface area contributed by atoms with Crippen LogP contribution in [0.15, 0.2) is 150 Å². The summed E-state index contributed by atoms with van der Waals surface area (Å²) < 4.78 is 6.12. The van der Waals surface area contributed by atoms with Crippen LogP contribution in [-0.2, 0) is 5.41 Å². The number of nitrogens with zero attached hydrogens (tertiary/aromatic N) is 1. The van der Waals surface area contributed by atoms with E-state index in [4.69, 9.17) is 9.40 Å². The average molecular weight is 604 g/mol. The monoisotopic (exact) mass is 603 g/mol. The van der Waals surface area contributed by atoms with Gasteiger partial charge in [-0.3, -0.25) is 0 Å². The second-order valence-corrected chi connectivity index (χ2v) is 13.2. The second-order valence-electron chi connectivity index (χ2n) is 13.2. The highest BCUT2D eigenvalue weighted by Crippen LogP contribution is 2.53. The predicted molar refractivity (Wildman–Crippen MR) is 196 cm³/mol. The molecule has 0 spiro atoms. The van der Waals surface area contributed by atoms with Crippen molar-refractivity contribution in [2.24, 2.45) is 0 Å². The molecule has 0 saturated heterocycles. The fourth-order valence-corrected chi connectivity index (χ4v) is 7.63. The summed E-state index contributed by atoms with van der Waals surface area (Å²) in [6, 6.07) is 52.1. The van der Waals surface area contributed by atoms with Crippen LogP contribution in [0.1, 0.15) is 30.5 Å².